The lowest BCUT2D eigenvalue weighted by molar-refractivity contribution is -0.134. The molecule has 0 heterocycles. The Bertz CT molecular complexity index is 320. The van der Waals surface area contributed by atoms with Gasteiger partial charge in [-0.15, -0.1) is 0 Å². The van der Waals surface area contributed by atoms with Crippen LogP contribution < -0.4 is 5.32 Å². The average Bonchev–Trinajstić information content (AvgIpc) is 3.02. The van der Waals surface area contributed by atoms with E-state index in [0.717, 1.165) is 19.4 Å². The van der Waals surface area contributed by atoms with Crippen LogP contribution in [0.2, 0.25) is 0 Å². The van der Waals surface area contributed by atoms with Crippen LogP contribution in [0.5, 0.6) is 0 Å². The minimum absolute atomic E-state index is 0.0183. The van der Waals surface area contributed by atoms with Gasteiger partial charge in [-0.25, -0.2) is 0 Å². The van der Waals surface area contributed by atoms with Gasteiger partial charge >= 0.3 is 0 Å². The van der Waals surface area contributed by atoms with Crippen LogP contribution in [-0.2, 0) is 9.59 Å². The molecule has 2 atom stereocenters. The van der Waals surface area contributed by atoms with E-state index in [1.807, 2.05) is 27.8 Å². The summed E-state index contributed by atoms with van der Waals surface area (Å²) in [7, 11) is 1.83. The second-order valence-electron chi connectivity index (χ2n) is 6.30. The number of rotatable bonds is 5. The van der Waals surface area contributed by atoms with Crippen LogP contribution in [0.25, 0.3) is 0 Å². The summed E-state index contributed by atoms with van der Waals surface area (Å²) >= 11 is 0. The van der Waals surface area contributed by atoms with Crippen molar-refractivity contribution in [3.63, 3.8) is 0 Å². The highest BCUT2D eigenvalue weighted by Gasteiger charge is 2.49. The molecule has 1 N–H and O–H groups in total. The molecule has 1 aliphatic rings. The van der Waals surface area contributed by atoms with Crippen molar-refractivity contribution in [2.24, 2.45) is 11.8 Å². The lowest BCUT2D eigenvalue weighted by Gasteiger charge is -2.21. The van der Waals surface area contributed by atoms with Crippen molar-refractivity contribution < 1.29 is 9.59 Å². The van der Waals surface area contributed by atoms with Gasteiger partial charge in [0, 0.05) is 19.1 Å². The highest BCUT2D eigenvalue weighted by atomic mass is 16.2. The molecule has 18 heavy (non-hydrogen) atoms. The molecular formula is C14H26N2O2. The summed E-state index contributed by atoms with van der Waals surface area (Å²) in [5, 5.41) is 2.94. The van der Waals surface area contributed by atoms with Gasteiger partial charge in [0.05, 0.1) is 11.8 Å². The lowest BCUT2D eigenvalue weighted by atomic mass is 10.1. The fourth-order valence-corrected chi connectivity index (χ4v) is 2.01. The summed E-state index contributed by atoms with van der Waals surface area (Å²) in [5.74, 6) is -0.0581. The van der Waals surface area contributed by atoms with E-state index in [0.29, 0.717) is 6.42 Å². The first-order chi connectivity index (χ1) is 8.26. The van der Waals surface area contributed by atoms with Crippen LogP contribution in [-0.4, -0.2) is 35.8 Å². The number of carbonyl (C=O) groups is 2. The van der Waals surface area contributed by atoms with Gasteiger partial charge < -0.3 is 10.2 Å². The molecule has 4 nitrogen and oxygen atoms in total. The van der Waals surface area contributed by atoms with Crippen molar-refractivity contribution in [1.82, 2.24) is 10.2 Å². The van der Waals surface area contributed by atoms with Gasteiger partial charge in [0.25, 0.3) is 0 Å². The highest BCUT2D eigenvalue weighted by molar-refractivity contribution is 5.92. The molecule has 0 aliphatic heterocycles. The fraction of sp³-hybridized carbons (Fsp3) is 0.857. The predicted molar refractivity (Wildman–Crippen MR) is 72.0 cm³/mol. The highest BCUT2D eigenvalue weighted by Crippen LogP contribution is 2.40. The van der Waals surface area contributed by atoms with Crippen LogP contribution in [0.1, 0.15) is 47.0 Å². The summed E-state index contributed by atoms with van der Waals surface area (Å²) < 4.78 is 0. The topological polar surface area (TPSA) is 49.4 Å². The van der Waals surface area contributed by atoms with Gasteiger partial charge in [-0.2, -0.15) is 0 Å². The minimum atomic E-state index is -0.221. The van der Waals surface area contributed by atoms with E-state index in [9.17, 15) is 9.59 Å². The summed E-state index contributed by atoms with van der Waals surface area (Å²) in [4.78, 5) is 25.7. The first-order valence-electron chi connectivity index (χ1n) is 6.83. The summed E-state index contributed by atoms with van der Waals surface area (Å²) in [6.45, 7) is 8.76. The number of nitrogens with zero attached hydrogens (tertiary/aromatic N) is 1. The smallest absolute Gasteiger partial charge is 0.226 e. The Morgan fingerprint density at radius 3 is 2.39 bits per heavy atom. The monoisotopic (exact) mass is 254 g/mol. The quantitative estimate of drug-likeness (QED) is 0.813. The van der Waals surface area contributed by atoms with Crippen molar-refractivity contribution in [1.29, 1.82) is 0 Å². The van der Waals surface area contributed by atoms with Gasteiger partial charge in [-0.3, -0.25) is 9.59 Å². The minimum Gasteiger partial charge on any atom is -0.351 e. The van der Waals surface area contributed by atoms with E-state index in [1.165, 1.54) is 0 Å². The summed E-state index contributed by atoms with van der Waals surface area (Å²) in [5.41, 5.74) is -0.221. The maximum absolute atomic E-state index is 12.0. The molecule has 1 saturated carbocycles. The molecule has 4 heteroatoms. The largest absolute Gasteiger partial charge is 0.351 e. The number of hydrogen-bond acceptors (Lipinski definition) is 2. The Morgan fingerprint density at radius 2 is 1.89 bits per heavy atom. The Balaban J connectivity index is 2.39. The van der Waals surface area contributed by atoms with E-state index in [2.05, 4.69) is 12.2 Å². The normalized spacial score (nSPS) is 22.5. The first-order valence-corrected chi connectivity index (χ1v) is 6.83. The van der Waals surface area contributed by atoms with Crippen LogP contribution in [0, 0.1) is 11.8 Å². The van der Waals surface area contributed by atoms with Crippen molar-refractivity contribution in [2.75, 3.05) is 13.6 Å². The second kappa shape index (κ2) is 5.72. The zero-order chi connectivity index (χ0) is 13.9. The number of carbonyl (C=O) groups excluding carboxylic acids is 2. The zero-order valence-electron chi connectivity index (χ0n) is 12.2. The molecule has 0 aromatic carbocycles. The number of nitrogens with one attached hydrogen (secondary N) is 1. The fourth-order valence-electron chi connectivity index (χ4n) is 2.01. The lowest BCUT2D eigenvalue weighted by Crippen LogP contribution is -2.42. The Hall–Kier alpha value is -1.06. The molecule has 0 saturated heterocycles. The molecule has 0 bridgehead atoms. The van der Waals surface area contributed by atoms with Crippen LogP contribution in [0.3, 0.4) is 0 Å². The van der Waals surface area contributed by atoms with Gasteiger partial charge in [0.15, 0.2) is 0 Å². The van der Waals surface area contributed by atoms with Crippen molar-refractivity contribution in [3.05, 3.63) is 0 Å². The Labute approximate surface area is 110 Å². The van der Waals surface area contributed by atoms with E-state index < -0.39 is 0 Å². The van der Waals surface area contributed by atoms with Gasteiger partial charge in [0.1, 0.15) is 0 Å². The predicted octanol–water partition coefficient (Wildman–Crippen LogP) is 1.80. The van der Waals surface area contributed by atoms with Crippen LogP contribution in [0.4, 0.5) is 0 Å². The van der Waals surface area contributed by atoms with Crippen molar-refractivity contribution in [2.45, 2.75) is 52.5 Å². The maximum Gasteiger partial charge on any atom is 0.226 e. The molecule has 0 spiro atoms. The molecule has 2 unspecified atom stereocenters. The third-order valence-corrected chi connectivity index (χ3v) is 3.17. The molecule has 0 aromatic rings. The third-order valence-electron chi connectivity index (χ3n) is 3.17. The van der Waals surface area contributed by atoms with Gasteiger partial charge in [-0.1, -0.05) is 13.3 Å². The second-order valence-corrected chi connectivity index (χ2v) is 6.30. The van der Waals surface area contributed by atoms with Gasteiger partial charge in [-0.05, 0) is 33.6 Å². The summed E-state index contributed by atoms with van der Waals surface area (Å²) in [6, 6.07) is 0. The van der Waals surface area contributed by atoms with E-state index in [4.69, 9.17) is 0 Å². The van der Waals surface area contributed by atoms with E-state index in [1.54, 1.807) is 4.90 Å². The van der Waals surface area contributed by atoms with Crippen molar-refractivity contribution in [3.8, 4) is 0 Å². The van der Waals surface area contributed by atoms with Crippen LogP contribution in [0.15, 0.2) is 0 Å². The van der Waals surface area contributed by atoms with Gasteiger partial charge in [0.2, 0.25) is 11.8 Å². The Morgan fingerprint density at radius 1 is 1.28 bits per heavy atom. The molecule has 1 rings (SSSR count). The maximum atomic E-state index is 12.0. The number of amides is 2. The van der Waals surface area contributed by atoms with E-state index in [-0.39, 0.29) is 29.2 Å². The zero-order valence-corrected chi connectivity index (χ0v) is 12.2. The molecule has 104 valence electrons. The summed E-state index contributed by atoms with van der Waals surface area (Å²) in [6.07, 6.45) is 2.81. The first kappa shape index (κ1) is 15.0. The average molecular weight is 254 g/mol. The SMILES string of the molecule is CCCCN(C)C(=O)C1CC1C(=O)NC(C)(C)C. The van der Waals surface area contributed by atoms with Crippen molar-refractivity contribution >= 4 is 11.8 Å². The molecule has 0 radical (unpaired) electrons. The van der Waals surface area contributed by atoms with E-state index >= 15 is 0 Å². The standard InChI is InChI=1S/C14H26N2O2/c1-6-7-8-16(5)13(18)11-9-10(11)12(17)15-14(2,3)4/h10-11H,6-9H2,1-5H3,(H,15,17). The molecular weight excluding hydrogens is 228 g/mol. The third kappa shape index (κ3) is 4.31. The number of unbranched alkanes of at least 4 members (excludes halogenated alkanes) is 1. The molecule has 0 aromatic heterocycles. The molecule has 1 aliphatic carbocycles. The number of hydrogen-bond donors (Lipinski definition) is 1. The molecule has 1 fully saturated rings. The molecule has 2 amide bonds. The Kier molecular flexibility index (Phi) is 4.77. The van der Waals surface area contributed by atoms with Crippen LogP contribution >= 0.6 is 0 Å².